The van der Waals surface area contributed by atoms with E-state index in [2.05, 4.69) is 10.3 Å². The summed E-state index contributed by atoms with van der Waals surface area (Å²) >= 11 is 0. The van der Waals surface area contributed by atoms with Crippen LogP contribution in [0.2, 0.25) is 0 Å². The lowest BCUT2D eigenvalue weighted by Gasteiger charge is -2.28. The van der Waals surface area contributed by atoms with Crippen molar-refractivity contribution >= 4 is 5.82 Å². The summed E-state index contributed by atoms with van der Waals surface area (Å²) in [4.78, 5) is 4.02. The van der Waals surface area contributed by atoms with Crippen LogP contribution in [-0.4, -0.2) is 24.2 Å². The number of anilines is 1. The number of ether oxygens (including phenoxy) is 1. The van der Waals surface area contributed by atoms with Crippen molar-refractivity contribution in [2.45, 2.75) is 37.8 Å². The second kappa shape index (κ2) is 5.16. The molecule has 1 aliphatic carbocycles. The first-order valence-electron chi connectivity index (χ1n) is 5.83. The molecule has 0 aromatic carbocycles. The Morgan fingerprint density at radius 1 is 1.31 bits per heavy atom. The van der Waals surface area contributed by atoms with Crippen LogP contribution < -0.4 is 15.8 Å². The lowest BCUT2D eigenvalue weighted by atomic mass is 9.93. The van der Waals surface area contributed by atoms with Gasteiger partial charge in [0.25, 0.3) is 0 Å². The molecular weight excluding hydrogens is 202 g/mol. The summed E-state index contributed by atoms with van der Waals surface area (Å²) in [6.07, 6.45) is 6.60. The van der Waals surface area contributed by atoms with Crippen molar-refractivity contribution in [2.75, 3.05) is 12.8 Å². The maximum absolute atomic E-state index is 5.86. The van der Waals surface area contributed by atoms with Gasteiger partial charge in [-0.25, -0.2) is 4.98 Å². The molecule has 0 unspecified atom stereocenters. The fourth-order valence-corrected chi connectivity index (χ4v) is 2.12. The van der Waals surface area contributed by atoms with E-state index in [-0.39, 0.29) is 0 Å². The molecule has 1 aliphatic rings. The van der Waals surface area contributed by atoms with Crippen LogP contribution in [0.4, 0.5) is 5.82 Å². The summed E-state index contributed by atoms with van der Waals surface area (Å²) in [6, 6.07) is 4.31. The molecule has 0 saturated heterocycles. The molecule has 3 N–H and O–H groups in total. The van der Waals surface area contributed by atoms with Gasteiger partial charge in [-0.3, -0.25) is 0 Å². The van der Waals surface area contributed by atoms with Crippen LogP contribution in [0.3, 0.4) is 0 Å². The number of hydrogen-bond donors (Lipinski definition) is 2. The van der Waals surface area contributed by atoms with E-state index in [0.29, 0.717) is 18.0 Å². The van der Waals surface area contributed by atoms with Crippen LogP contribution in [0.15, 0.2) is 18.3 Å². The highest BCUT2D eigenvalue weighted by Gasteiger charge is 2.21. The maximum Gasteiger partial charge on any atom is 0.138 e. The van der Waals surface area contributed by atoms with Crippen molar-refractivity contribution in [2.24, 2.45) is 0 Å². The van der Waals surface area contributed by atoms with Gasteiger partial charge in [-0.05, 0) is 44.9 Å². The third-order valence-corrected chi connectivity index (χ3v) is 3.14. The average Bonchev–Trinajstić information content (AvgIpc) is 2.33. The Morgan fingerprint density at radius 3 is 2.62 bits per heavy atom. The van der Waals surface area contributed by atoms with Gasteiger partial charge in [0, 0.05) is 6.04 Å². The molecule has 1 aromatic heterocycles. The fraction of sp³-hybridized carbons (Fsp3) is 0.583. The first-order chi connectivity index (χ1) is 7.78. The number of nitrogens with two attached hydrogens (primary N) is 1. The molecule has 0 radical (unpaired) electrons. The Hall–Kier alpha value is -1.29. The van der Waals surface area contributed by atoms with Gasteiger partial charge in [0.05, 0.1) is 12.3 Å². The minimum Gasteiger partial charge on any atom is -0.489 e. The average molecular weight is 221 g/mol. The Kier molecular flexibility index (Phi) is 3.62. The Balaban J connectivity index is 1.84. The summed E-state index contributed by atoms with van der Waals surface area (Å²) in [5.41, 5.74) is 5.52. The standard InChI is InChI=1S/C12H19N3O/c1-14-9-2-4-10(5-3-9)16-11-6-7-12(13)15-8-11/h6-10,14H,2-5H2,1H3,(H2,13,15)/t9-,10+. The number of hydrogen-bond acceptors (Lipinski definition) is 4. The SMILES string of the molecule is CN[C@H]1CC[C@@H](Oc2ccc(N)nc2)CC1. The Bertz CT molecular complexity index is 318. The van der Waals surface area contributed by atoms with E-state index < -0.39 is 0 Å². The number of nitrogens with one attached hydrogen (secondary N) is 1. The molecule has 16 heavy (non-hydrogen) atoms. The third kappa shape index (κ3) is 2.85. The lowest BCUT2D eigenvalue weighted by Crippen LogP contribution is -2.34. The number of aromatic nitrogens is 1. The zero-order valence-electron chi connectivity index (χ0n) is 9.65. The highest BCUT2D eigenvalue weighted by atomic mass is 16.5. The van der Waals surface area contributed by atoms with Gasteiger partial charge in [-0.2, -0.15) is 0 Å². The largest absolute Gasteiger partial charge is 0.489 e. The summed E-state index contributed by atoms with van der Waals surface area (Å²) in [7, 11) is 2.02. The molecule has 1 saturated carbocycles. The molecule has 4 heteroatoms. The van der Waals surface area contributed by atoms with E-state index in [4.69, 9.17) is 10.5 Å². The minimum absolute atomic E-state index is 0.329. The molecule has 1 heterocycles. The molecule has 1 aromatic rings. The van der Waals surface area contributed by atoms with Gasteiger partial charge in [-0.15, -0.1) is 0 Å². The number of nitrogen functional groups attached to an aromatic ring is 1. The highest BCUT2D eigenvalue weighted by Crippen LogP contribution is 2.23. The Morgan fingerprint density at radius 2 is 2.06 bits per heavy atom. The number of nitrogens with zero attached hydrogens (tertiary/aromatic N) is 1. The van der Waals surface area contributed by atoms with E-state index in [9.17, 15) is 0 Å². The summed E-state index contributed by atoms with van der Waals surface area (Å²) in [5, 5.41) is 3.31. The van der Waals surface area contributed by atoms with Gasteiger partial charge in [0.2, 0.25) is 0 Å². The zero-order valence-corrected chi connectivity index (χ0v) is 9.65. The predicted molar refractivity (Wildman–Crippen MR) is 64.4 cm³/mol. The molecule has 0 bridgehead atoms. The molecule has 4 nitrogen and oxygen atoms in total. The molecule has 2 rings (SSSR count). The van der Waals surface area contributed by atoms with Crippen molar-refractivity contribution in [1.82, 2.24) is 10.3 Å². The molecule has 0 spiro atoms. The van der Waals surface area contributed by atoms with Crippen LogP contribution in [0.1, 0.15) is 25.7 Å². The molecule has 88 valence electrons. The Labute approximate surface area is 96.2 Å². The second-order valence-corrected chi connectivity index (χ2v) is 4.30. The molecule has 0 aliphatic heterocycles. The molecule has 1 fully saturated rings. The first-order valence-corrected chi connectivity index (χ1v) is 5.83. The van der Waals surface area contributed by atoms with Crippen molar-refractivity contribution in [3.63, 3.8) is 0 Å². The zero-order chi connectivity index (χ0) is 11.4. The van der Waals surface area contributed by atoms with Crippen molar-refractivity contribution in [1.29, 1.82) is 0 Å². The predicted octanol–water partition coefficient (Wildman–Crippen LogP) is 1.57. The van der Waals surface area contributed by atoms with Crippen LogP contribution in [0.25, 0.3) is 0 Å². The fourth-order valence-electron chi connectivity index (χ4n) is 2.12. The van der Waals surface area contributed by atoms with Gasteiger partial charge in [0.15, 0.2) is 0 Å². The smallest absolute Gasteiger partial charge is 0.138 e. The molecular formula is C12H19N3O. The van der Waals surface area contributed by atoms with E-state index in [1.165, 1.54) is 12.8 Å². The first kappa shape index (κ1) is 11.2. The quantitative estimate of drug-likeness (QED) is 0.813. The molecule has 0 atom stereocenters. The van der Waals surface area contributed by atoms with Crippen LogP contribution in [0.5, 0.6) is 5.75 Å². The van der Waals surface area contributed by atoms with E-state index in [1.54, 1.807) is 12.3 Å². The van der Waals surface area contributed by atoms with Gasteiger partial charge in [0.1, 0.15) is 11.6 Å². The third-order valence-electron chi connectivity index (χ3n) is 3.14. The van der Waals surface area contributed by atoms with Crippen LogP contribution >= 0.6 is 0 Å². The summed E-state index contributed by atoms with van der Waals surface area (Å²) in [6.45, 7) is 0. The summed E-state index contributed by atoms with van der Waals surface area (Å²) in [5.74, 6) is 1.35. The normalized spacial score (nSPS) is 25.3. The number of rotatable bonds is 3. The van der Waals surface area contributed by atoms with Gasteiger partial charge < -0.3 is 15.8 Å². The van der Waals surface area contributed by atoms with E-state index in [0.717, 1.165) is 18.6 Å². The highest BCUT2D eigenvalue weighted by molar-refractivity contribution is 5.32. The number of pyridine rings is 1. The van der Waals surface area contributed by atoms with Crippen molar-refractivity contribution < 1.29 is 4.74 Å². The lowest BCUT2D eigenvalue weighted by molar-refractivity contribution is 0.141. The molecule has 0 amide bonds. The summed E-state index contributed by atoms with van der Waals surface area (Å²) < 4.78 is 5.86. The van der Waals surface area contributed by atoms with Crippen molar-refractivity contribution in [3.8, 4) is 5.75 Å². The monoisotopic (exact) mass is 221 g/mol. The van der Waals surface area contributed by atoms with E-state index in [1.807, 2.05) is 13.1 Å². The van der Waals surface area contributed by atoms with E-state index >= 15 is 0 Å². The van der Waals surface area contributed by atoms with Crippen LogP contribution in [-0.2, 0) is 0 Å². The van der Waals surface area contributed by atoms with Gasteiger partial charge in [-0.1, -0.05) is 0 Å². The van der Waals surface area contributed by atoms with Gasteiger partial charge >= 0.3 is 0 Å². The topological polar surface area (TPSA) is 60.2 Å². The van der Waals surface area contributed by atoms with Crippen LogP contribution in [0, 0.1) is 0 Å². The maximum atomic E-state index is 5.86. The minimum atomic E-state index is 0.329. The van der Waals surface area contributed by atoms with Crippen molar-refractivity contribution in [3.05, 3.63) is 18.3 Å². The second-order valence-electron chi connectivity index (χ2n) is 4.30.